The van der Waals surface area contributed by atoms with Gasteiger partial charge < -0.3 is 9.47 Å². The second-order valence-electron chi connectivity index (χ2n) is 5.77. The van der Waals surface area contributed by atoms with Crippen molar-refractivity contribution in [1.29, 1.82) is 0 Å². The molecule has 0 saturated carbocycles. The van der Waals surface area contributed by atoms with Crippen LogP contribution in [0.3, 0.4) is 0 Å². The molecule has 3 nitrogen and oxygen atoms in total. The van der Waals surface area contributed by atoms with Gasteiger partial charge in [-0.1, -0.05) is 54.6 Å². The highest BCUT2D eigenvalue weighted by Gasteiger charge is 2.14. The minimum absolute atomic E-state index is 0.266. The van der Waals surface area contributed by atoms with Crippen molar-refractivity contribution in [3.8, 4) is 16.9 Å². The zero-order valence-corrected chi connectivity index (χ0v) is 14.4. The quantitative estimate of drug-likeness (QED) is 0.615. The van der Waals surface area contributed by atoms with Gasteiger partial charge in [0.2, 0.25) is 0 Å². The Bertz CT molecular complexity index is 869. The summed E-state index contributed by atoms with van der Waals surface area (Å²) in [5, 5.41) is 0. The van der Waals surface area contributed by atoms with Crippen LogP contribution >= 0.6 is 0 Å². The molecule has 3 aromatic rings. The van der Waals surface area contributed by atoms with Crippen LogP contribution in [0.15, 0.2) is 72.8 Å². The van der Waals surface area contributed by atoms with Crippen LogP contribution < -0.4 is 4.74 Å². The monoisotopic (exact) mass is 332 g/mol. The van der Waals surface area contributed by atoms with Gasteiger partial charge in [0.15, 0.2) is 0 Å². The summed E-state index contributed by atoms with van der Waals surface area (Å²) in [6.07, 6.45) is 0. The Hall–Kier alpha value is -3.07. The lowest BCUT2D eigenvalue weighted by atomic mass is 9.96. The SMILES string of the molecule is COc1cccc(-c2cccc(C(=O)OCc3ccccc3)c2C)c1. The molecule has 0 aliphatic heterocycles. The van der Waals surface area contributed by atoms with E-state index in [1.165, 1.54) is 0 Å². The first-order valence-corrected chi connectivity index (χ1v) is 8.14. The molecule has 0 bridgehead atoms. The van der Waals surface area contributed by atoms with Crippen molar-refractivity contribution in [2.45, 2.75) is 13.5 Å². The molecule has 0 N–H and O–H groups in total. The molecule has 0 spiro atoms. The van der Waals surface area contributed by atoms with Gasteiger partial charge in [-0.2, -0.15) is 0 Å². The summed E-state index contributed by atoms with van der Waals surface area (Å²) in [7, 11) is 1.64. The lowest BCUT2D eigenvalue weighted by molar-refractivity contribution is 0.0472. The van der Waals surface area contributed by atoms with Crippen LogP contribution in [0, 0.1) is 6.92 Å². The third-order valence-electron chi connectivity index (χ3n) is 4.15. The highest BCUT2D eigenvalue weighted by Crippen LogP contribution is 2.28. The molecule has 3 rings (SSSR count). The van der Waals surface area contributed by atoms with Crippen LogP contribution in [-0.2, 0) is 11.3 Å². The van der Waals surface area contributed by atoms with E-state index in [0.717, 1.165) is 28.0 Å². The zero-order valence-electron chi connectivity index (χ0n) is 14.4. The van der Waals surface area contributed by atoms with E-state index >= 15 is 0 Å². The molecule has 0 atom stereocenters. The predicted molar refractivity (Wildman–Crippen MR) is 98.7 cm³/mol. The molecule has 3 aromatic carbocycles. The molecule has 0 unspecified atom stereocenters. The molecule has 126 valence electrons. The van der Waals surface area contributed by atoms with Gasteiger partial charge in [0, 0.05) is 0 Å². The summed E-state index contributed by atoms with van der Waals surface area (Å²) in [5.74, 6) is 0.472. The second-order valence-corrected chi connectivity index (χ2v) is 5.77. The summed E-state index contributed by atoms with van der Waals surface area (Å²) in [6, 6.07) is 23.1. The average molecular weight is 332 g/mol. The fourth-order valence-corrected chi connectivity index (χ4v) is 2.76. The van der Waals surface area contributed by atoms with Crippen LogP contribution in [-0.4, -0.2) is 13.1 Å². The van der Waals surface area contributed by atoms with E-state index < -0.39 is 0 Å². The van der Waals surface area contributed by atoms with Crippen LogP contribution in [0.5, 0.6) is 5.75 Å². The van der Waals surface area contributed by atoms with E-state index in [4.69, 9.17) is 9.47 Å². The van der Waals surface area contributed by atoms with E-state index in [-0.39, 0.29) is 12.6 Å². The lowest BCUT2D eigenvalue weighted by Crippen LogP contribution is -2.07. The number of hydrogen-bond donors (Lipinski definition) is 0. The minimum atomic E-state index is -0.314. The number of methoxy groups -OCH3 is 1. The van der Waals surface area contributed by atoms with Gasteiger partial charge in [0.1, 0.15) is 12.4 Å². The highest BCUT2D eigenvalue weighted by molar-refractivity contribution is 5.93. The van der Waals surface area contributed by atoms with Crippen molar-refractivity contribution in [2.24, 2.45) is 0 Å². The van der Waals surface area contributed by atoms with Gasteiger partial charge >= 0.3 is 5.97 Å². The highest BCUT2D eigenvalue weighted by atomic mass is 16.5. The Labute approximate surface area is 147 Å². The van der Waals surface area contributed by atoms with Crippen LogP contribution in [0.4, 0.5) is 0 Å². The molecule has 0 aliphatic rings. The Morgan fingerprint density at radius 3 is 2.44 bits per heavy atom. The van der Waals surface area contributed by atoms with E-state index in [0.29, 0.717) is 5.56 Å². The Kier molecular flexibility index (Phi) is 5.14. The van der Waals surface area contributed by atoms with Crippen LogP contribution in [0.1, 0.15) is 21.5 Å². The number of benzene rings is 3. The van der Waals surface area contributed by atoms with Gasteiger partial charge in [-0.05, 0) is 47.4 Å². The smallest absolute Gasteiger partial charge is 0.338 e. The second kappa shape index (κ2) is 7.67. The first kappa shape index (κ1) is 16.8. The van der Waals surface area contributed by atoms with Gasteiger partial charge in [-0.25, -0.2) is 4.79 Å². The maximum atomic E-state index is 12.5. The van der Waals surface area contributed by atoms with E-state index in [9.17, 15) is 4.79 Å². The zero-order chi connectivity index (χ0) is 17.6. The molecule has 0 amide bonds. The molecule has 0 saturated heterocycles. The third-order valence-corrected chi connectivity index (χ3v) is 4.15. The van der Waals surface area contributed by atoms with Gasteiger partial charge in [-0.3, -0.25) is 0 Å². The van der Waals surface area contributed by atoms with E-state index in [1.807, 2.05) is 73.7 Å². The van der Waals surface area contributed by atoms with Crippen molar-refractivity contribution in [3.05, 3.63) is 89.5 Å². The number of esters is 1. The van der Waals surface area contributed by atoms with Crippen molar-refractivity contribution in [3.63, 3.8) is 0 Å². The fourth-order valence-electron chi connectivity index (χ4n) is 2.76. The van der Waals surface area contributed by atoms with Gasteiger partial charge in [0.05, 0.1) is 12.7 Å². The molecule has 0 radical (unpaired) electrons. The number of carbonyl (C=O) groups is 1. The van der Waals surface area contributed by atoms with Gasteiger partial charge in [0.25, 0.3) is 0 Å². The minimum Gasteiger partial charge on any atom is -0.497 e. The average Bonchev–Trinajstić information content (AvgIpc) is 2.67. The fraction of sp³-hybridized carbons (Fsp3) is 0.136. The number of rotatable bonds is 5. The van der Waals surface area contributed by atoms with Crippen LogP contribution in [0.25, 0.3) is 11.1 Å². The summed E-state index contributed by atoms with van der Waals surface area (Å²) in [6.45, 7) is 2.20. The molecular weight excluding hydrogens is 312 g/mol. The van der Waals surface area contributed by atoms with E-state index in [2.05, 4.69) is 0 Å². The van der Waals surface area contributed by atoms with Crippen molar-refractivity contribution in [1.82, 2.24) is 0 Å². The maximum Gasteiger partial charge on any atom is 0.338 e. The molecule has 0 aromatic heterocycles. The molecule has 3 heteroatoms. The Morgan fingerprint density at radius 1 is 0.920 bits per heavy atom. The normalized spacial score (nSPS) is 10.3. The molecule has 0 fully saturated rings. The Morgan fingerprint density at radius 2 is 1.68 bits per heavy atom. The van der Waals surface area contributed by atoms with E-state index in [1.54, 1.807) is 13.2 Å². The molecular formula is C22H20O3. The molecule has 0 aliphatic carbocycles. The number of ether oxygens (including phenoxy) is 2. The number of hydrogen-bond acceptors (Lipinski definition) is 3. The summed E-state index contributed by atoms with van der Waals surface area (Å²) >= 11 is 0. The summed E-state index contributed by atoms with van der Waals surface area (Å²) in [4.78, 5) is 12.5. The van der Waals surface area contributed by atoms with Crippen molar-refractivity contribution in [2.75, 3.05) is 7.11 Å². The predicted octanol–water partition coefficient (Wildman–Crippen LogP) is 5.03. The Balaban J connectivity index is 1.84. The number of carbonyl (C=O) groups excluding carboxylic acids is 1. The third kappa shape index (κ3) is 3.89. The summed E-state index contributed by atoms with van der Waals surface area (Å²) in [5.41, 5.74) is 4.45. The standard InChI is InChI=1S/C22H20O3/c1-16-20(18-10-6-11-19(14-18)24-2)12-7-13-21(16)22(23)25-15-17-8-4-3-5-9-17/h3-14H,15H2,1-2H3. The summed E-state index contributed by atoms with van der Waals surface area (Å²) < 4.78 is 10.8. The van der Waals surface area contributed by atoms with Crippen molar-refractivity contribution >= 4 is 5.97 Å². The topological polar surface area (TPSA) is 35.5 Å². The molecule has 0 heterocycles. The largest absolute Gasteiger partial charge is 0.497 e. The van der Waals surface area contributed by atoms with Crippen molar-refractivity contribution < 1.29 is 14.3 Å². The molecule has 25 heavy (non-hydrogen) atoms. The van der Waals surface area contributed by atoms with Crippen LogP contribution in [0.2, 0.25) is 0 Å². The first-order valence-electron chi connectivity index (χ1n) is 8.14. The first-order chi connectivity index (χ1) is 12.2. The van der Waals surface area contributed by atoms with Gasteiger partial charge in [-0.15, -0.1) is 0 Å². The lowest BCUT2D eigenvalue weighted by Gasteiger charge is -2.12. The maximum absolute atomic E-state index is 12.5.